The normalized spacial score (nSPS) is 11.1. The third-order valence-corrected chi connectivity index (χ3v) is 5.29. The molecule has 14 heteroatoms. The fourth-order valence-electron chi connectivity index (χ4n) is 2.87. The van der Waals surface area contributed by atoms with Gasteiger partial charge < -0.3 is 15.7 Å². The van der Waals surface area contributed by atoms with Crippen LogP contribution in [0.1, 0.15) is 5.56 Å². The maximum Gasteiger partial charge on any atom is 1.00 e. The Morgan fingerprint density at radius 2 is 1.71 bits per heavy atom. The van der Waals surface area contributed by atoms with Gasteiger partial charge in [-0.3, -0.25) is 5.04 Å². The van der Waals surface area contributed by atoms with Gasteiger partial charge in [-0.2, -0.15) is 24.4 Å². The molecular weight excluding hydrogens is 514 g/mol. The third-order valence-electron chi connectivity index (χ3n) is 4.34. The molecule has 34 heavy (non-hydrogen) atoms. The molecule has 0 atom stereocenters. The number of phenolic OH excluding ortho intramolecular Hbond substituents is 1. The Kier molecular flexibility index (Phi) is 9.42. The molecule has 3 aromatic carbocycles. The van der Waals surface area contributed by atoms with Gasteiger partial charge in [0, 0.05) is 11.1 Å². The van der Waals surface area contributed by atoms with Crippen LogP contribution in [0.5, 0.6) is 5.75 Å². The fraction of sp³-hybridized carbons (Fsp3) is 0.0500. The van der Waals surface area contributed by atoms with Crippen molar-refractivity contribution in [2.75, 3.05) is 5.32 Å². The quantitative estimate of drug-likeness (QED) is 0.122. The molecule has 0 aliphatic heterocycles. The van der Waals surface area contributed by atoms with E-state index in [0.717, 1.165) is 5.56 Å². The summed E-state index contributed by atoms with van der Waals surface area (Å²) in [5, 5.41) is 36.9. The van der Waals surface area contributed by atoms with E-state index in [-0.39, 0.29) is 57.5 Å². The Balaban J connectivity index is 0.00000324. The molecule has 0 radical (unpaired) electrons. The zero-order chi connectivity index (χ0) is 23.4. The molecular formula is C20H13Cl2N6NaO4S. The van der Waals surface area contributed by atoms with Gasteiger partial charge in [0.15, 0.2) is 5.75 Å². The molecule has 2 N–H and O–H groups in total. The van der Waals surface area contributed by atoms with E-state index in [9.17, 15) is 10.4 Å². The molecule has 10 nitrogen and oxygen atoms in total. The van der Waals surface area contributed by atoms with E-state index in [1.54, 1.807) is 36.4 Å². The number of nitrogens with one attached hydrogen (secondary N) is 1. The molecule has 4 rings (SSSR count). The topological polar surface area (TPSA) is 137 Å². The van der Waals surface area contributed by atoms with Crippen molar-refractivity contribution in [2.24, 2.45) is 10.2 Å². The number of aromatic hydroxyl groups is 1. The van der Waals surface area contributed by atoms with E-state index in [4.69, 9.17) is 23.2 Å². The molecule has 1 heterocycles. The molecule has 0 unspecified atom stereocenters. The average molecular weight is 527 g/mol. The van der Waals surface area contributed by atoms with Gasteiger partial charge in [0.1, 0.15) is 5.69 Å². The molecule has 0 aliphatic carbocycles. The first-order valence-electron chi connectivity index (χ1n) is 9.18. The van der Waals surface area contributed by atoms with Crippen LogP contribution in [0.15, 0.2) is 63.7 Å². The molecule has 4 aromatic rings. The van der Waals surface area contributed by atoms with Crippen molar-refractivity contribution in [2.45, 2.75) is 11.8 Å². The number of azo groups is 1. The second kappa shape index (κ2) is 12.1. The van der Waals surface area contributed by atoms with Crippen molar-refractivity contribution < 1.29 is 49.3 Å². The van der Waals surface area contributed by atoms with Gasteiger partial charge in [0.05, 0.1) is 22.6 Å². The van der Waals surface area contributed by atoms with Gasteiger partial charge in [-0.15, -0.1) is 5.11 Å². The van der Waals surface area contributed by atoms with E-state index in [1.165, 1.54) is 0 Å². The van der Waals surface area contributed by atoms with Crippen molar-refractivity contribution in [3.63, 3.8) is 0 Å². The second-order valence-electron chi connectivity index (χ2n) is 6.58. The summed E-state index contributed by atoms with van der Waals surface area (Å²) < 4.78 is 4.46. The Morgan fingerprint density at radius 3 is 2.38 bits per heavy atom. The van der Waals surface area contributed by atoms with Crippen LogP contribution in [0.2, 0.25) is 10.6 Å². The van der Waals surface area contributed by atoms with Crippen LogP contribution >= 0.6 is 35.2 Å². The number of nitrogens with zero attached hydrogens (tertiary/aromatic N) is 5. The minimum absolute atomic E-state index is 0. The first kappa shape index (κ1) is 26.5. The molecule has 0 aliphatic rings. The van der Waals surface area contributed by atoms with Crippen LogP contribution in [0.25, 0.3) is 10.8 Å². The number of hydrogen-bond acceptors (Lipinski definition) is 11. The summed E-state index contributed by atoms with van der Waals surface area (Å²) in [5.74, 6) is -0.0112. The summed E-state index contributed by atoms with van der Waals surface area (Å²) in [4.78, 5) is 11.9. The number of anilines is 2. The summed E-state index contributed by atoms with van der Waals surface area (Å²) in [7, 11) is 0. The predicted octanol–water partition coefficient (Wildman–Crippen LogP) is 2.74. The number of halogens is 2. The molecule has 168 valence electrons. The predicted molar refractivity (Wildman–Crippen MR) is 122 cm³/mol. The molecule has 0 amide bonds. The number of phenols is 1. The smallest absolute Gasteiger partial charge is 0.691 e. The maximum absolute atomic E-state index is 10.9. The van der Waals surface area contributed by atoms with Crippen LogP contribution in [-0.2, 0) is 9.37 Å². The van der Waals surface area contributed by atoms with E-state index < -0.39 is 0 Å². The number of fused-ring (bicyclic) bond motifs is 1. The minimum atomic E-state index is -0.154. The van der Waals surface area contributed by atoms with Crippen molar-refractivity contribution in [3.05, 3.63) is 64.7 Å². The summed E-state index contributed by atoms with van der Waals surface area (Å²) in [6, 6.07) is 14.1. The Hall–Kier alpha value is -2.06. The van der Waals surface area contributed by atoms with Crippen LogP contribution in [0.3, 0.4) is 0 Å². The number of aromatic nitrogens is 3. The van der Waals surface area contributed by atoms with Gasteiger partial charge in [-0.25, -0.2) is 0 Å². The van der Waals surface area contributed by atoms with E-state index in [2.05, 4.69) is 39.9 Å². The van der Waals surface area contributed by atoms with Crippen molar-refractivity contribution in [3.8, 4) is 5.75 Å². The molecule has 0 spiro atoms. The van der Waals surface area contributed by atoms with E-state index >= 15 is 0 Å². The summed E-state index contributed by atoms with van der Waals surface area (Å²) in [6.45, 7) is 1.96. The number of hydrogen-bond donors (Lipinski definition) is 2. The monoisotopic (exact) mass is 526 g/mol. The van der Waals surface area contributed by atoms with Gasteiger partial charge in [-0.1, -0.05) is 17.7 Å². The summed E-state index contributed by atoms with van der Waals surface area (Å²) in [6.07, 6.45) is 0. The van der Waals surface area contributed by atoms with Crippen molar-refractivity contribution >= 4 is 69.0 Å². The average Bonchev–Trinajstić information content (AvgIpc) is 2.77. The Labute approximate surface area is 229 Å². The summed E-state index contributed by atoms with van der Waals surface area (Å²) in [5.41, 5.74) is 2.35. The maximum atomic E-state index is 10.9. The standard InChI is InChI=1S/C20H14Cl2N6O4S.Na/c1-10-2-4-12(5-3-10)27-28-16-15(33-32-31-30)9-11-8-13(6-7-14(11)17(16)29)23-20-25-18(21)24-19(22)26-20;/h2-9,29-30H,1H3,(H,23,24,25,26);/q;+1/p-1. The number of aryl methyl sites for hydroxylation is 1. The molecule has 1 aromatic heterocycles. The van der Waals surface area contributed by atoms with Crippen LogP contribution in [-0.4, -0.2) is 20.1 Å². The molecule has 0 bridgehead atoms. The van der Waals surface area contributed by atoms with Crippen molar-refractivity contribution in [1.82, 2.24) is 15.0 Å². The molecule has 0 saturated carbocycles. The van der Waals surface area contributed by atoms with Crippen LogP contribution in [0.4, 0.5) is 23.0 Å². The molecule has 0 saturated heterocycles. The second-order valence-corrected chi connectivity index (χ2v) is 8.00. The van der Waals surface area contributed by atoms with Gasteiger partial charge in [-0.05, 0) is 71.9 Å². The summed E-state index contributed by atoms with van der Waals surface area (Å²) >= 11 is 12.2. The van der Waals surface area contributed by atoms with E-state index in [1.807, 2.05) is 19.1 Å². The largest absolute Gasteiger partial charge is 1.00 e. The fourth-order valence-corrected chi connectivity index (χ4v) is 3.73. The zero-order valence-corrected chi connectivity index (χ0v) is 22.0. The number of rotatable bonds is 7. The first-order chi connectivity index (χ1) is 15.9. The minimum Gasteiger partial charge on any atom is -0.691 e. The van der Waals surface area contributed by atoms with Crippen molar-refractivity contribution in [1.29, 1.82) is 0 Å². The Morgan fingerprint density at radius 1 is 1.00 bits per heavy atom. The molecule has 0 fully saturated rings. The Bertz CT molecular complexity index is 1330. The number of benzene rings is 3. The zero-order valence-electron chi connectivity index (χ0n) is 17.7. The third kappa shape index (κ3) is 6.54. The SMILES string of the molecule is Cc1ccc(N=Nc2c(SOO[O-])cc3cc(Nc4nc(Cl)nc(Cl)n4)ccc3c2O)cc1.[Na+]. The van der Waals surface area contributed by atoms with E-state index in [0.29, 0.717) is 39.1 Å². The van der Waals surface area contributed by atoms with Crippen LogP contribution in [0, 0.1) is 6.92 Å². The van der Waals surface area contributed by atoms with Gasteiger partial charge in [0.2, 0.25) is 16.5 Å². The van der Waals surface area contributed by atoms with Crippen LogP contribution < -0.4 is 40.1 Å². The first-order valence-corrected chi connectivity index (χ1v) is 10.7. The van der Waals surface area contributed by atoms with Gasteiger partial charge >= 0.3 is 29.6 Å². The van der Waals surface area contributed by atoms with Gasteiger partial charge in [0.25, 0.3) is 0 Å².